The first-order valence-corrected chi connectivity index (χ1v) is 10.9. The summed E-state index contributed by atoms with van der Waals surface area (Å²) in [7, 11) is 0. The normalized spacial score (nSPS) is 10.6. The van der Waals surface area contributed by atoms with E-state index in [4.69, 9.17) is 0 Å². The Balaban J connectivity index is 1.54. The van der Waals surface area contributed by atoms with Gasteiger partial charge < -0.3 is 4.90 Å². The third kappa shape index (κ3) is 4.82. The van der Waals surface area contributed by atoms with Crippen LogP contribution in [0.2, 0.25) is 0 Å². The quantitative estimate of drug-likeness (QED) is 0.439. The first-order valence-electron chi connectivity index (χ1n) is 10.9. The summed E-state index contributed by atoms with van der Waals surface area (Å²) in [5.41, 5.74) is 9.08. The molecule has 0 saturated heterocycles. The van der Waals surface area contributed by atoms with E-state index >= 15 is 0 Å². The van der Waals surface area contributed by atoms with E-state index in [1.54, 1.807) is 30.6 Å². The molecule has 2 aromatic carbocycles. The van der Waals surface area contributed by atoms with E-state index < -0.39 is 5.91 Å². The molecule has 166 valence electrons. The highest BCUT2D eigenvalue weighted by atomic mass is 16.2. The number of anilines is 1. The molecular formula is C26H25N5O2. The van der Waals surface area contributed by atoms with Gasteiger partial charge in [-0.05, 0) is 62.4 Å². The lowest BCUT2D eigenvalue weighted by Crippen LogP contribution is -2.41. The smallest absolute Gasteiger partial charge is 0.270 e. The van der Waals surface area contributed by atoms with Crippen molar-refractivity contribution in [3.63, 3.8) is 0 Å². The minimum atomic E-state index is -0.424. The summed E-state index contributed by atoms with van der Waals surface area (Å²) in [6.45, 7) is 5.95. The molecule has 0 spiro atoms. The molecule has 0 aliphatic carbocycles. The van der Waals surface area contributed by atoms with Crippen molar-refractivity contribution in [1.82, 2.24) is 20.8 Å². The second-order valence-electron chi connectivity index (χ2n) is 7.44. The van der Waals surface area contributed by atoms with Crippen molar-refractivity contribution in [2.75, 3.05) is 18.0 Å². The van der Waals surface area contributed by atoms with Crippen LogP contribution in [0.5, 0.6) is 0 Å². The molecule has 0 fully saturated rings. The Bertz CT molecular complexity index is 1270. The summed E-state index contributed by atoms with van der Waals surface area (Å²) in [6, 6.07) is 20.1. The summed E-state index contributed by atoms with van der Waals surface area (Å²) < 4.78 is 0. The highest BCUT2D eigenvalue weighted by Crippen LogP contribution is 2.24. The molecule has 0 aliphatic heterocycles. The van der Waals surface area contributed by atoms with Crippen LogP contribution < -0.4 is 15.8 Å². The van der Waals surface area contributed by atoms with Crippen molar-refractivity contribution in [1.29, 1.82) is 0 Å². The van der Waals surface area contributed by atoms with Gasteiger partial charge in [-0.1, -0.05) is 18.2 Å². The molecule has 0 atom stereocenters. The fourth-order valence-corrected chi connectivity index (χ4v) is 3.69. The number of hydrogen-bond donors (Lipinski definition) is 2. The van der Waals surface area contributed by atoms with Crippen molar-refractivity contribution in [3.05, 3.63) is 90.3 Å². The van der Waals surface area contributed by atoms with Gasteiger partial charge in [0.15, 0.2) is 0 Å². The maximum atomic E-state index is 13.0. The Hall–Kier alpha value is -4.26. The number of para-hydroxylation sites is 1. The lowest BCUT2D eigenvalue weighted by atomic mass is 10.0. The zero-order valence-electron chi connectivity index (χ0n) is 18.6. The highest BCUT2D eigenvalue weighted by Gasteiger charge is 2.15. The van der Waals surface area contributed by atoms with E-state index in [2.05, 4.69) is 39.6 Å². The van der Waals surface area contributed by atoms with Gasteiger partial charge >= 0.3 is 0 Å². The number of nitrogens with one attached hydrogen (secondary N) is 2. The van der Waals surface area contributed by atoms with Gasteiger partial charge in [-0.3, -0.25) is 25.4 Å². The molecule has 0 aliphatic rings. The number of hydrogen-bond acceptors (Lipinski definition) is 5. The molecule has 2 heterocycles. The Morgan fingerprint density at radius 3 is 2.30 bits per heavy atom. The second kappa shape index (κ2) is 9.91. The van der Waals surface area contributed by atoms with Crippen LogP contribution in [0.3, 0.4) is 0 Å². The molecule has 0 saturated carbocycles. The van der Waals surface area contributed by atoms with E-state index in [1.165, 1.54) is 0 Å². The number of carbonyl (C=O) groups is 2. The first-order chi connectivity index (χ1) is 16.1. The third-order valence-corrected chi connectivity index (χ3v) is 5.47. The largest absolute Gasteiger partial charge is 0.372 e. The molecule has 7 heteroatoms. The van der Waals surface area contributed by atoms with Crippen LogP contribution in [-0.4, -0.2) is 34.9 Å². The molecule has 0 bridgehead atoms. The van der Waals surface area contributed by atoms with Gasteiger partial charge in [-0.15, -0.1) is 0 Å². The maximum Gasteiger partial charge on any atom is 0.270 e. The number of hydrazine groups is 1. The lowest BCUT2D eigenvalue weighted by molar-refractivity contribution is 0.0847. The lowest BCUT2D eigenvalue weighted by Gasteiger charge is -2.21. The van der Waals surface area contributed by atoms with E-state index in [9.17, 15) is 9.59 Å². The Labute approximate surface area is 192 Å². The molecule has 4 aromatic rings. The van der Waals surface area contributed by atoms with Crippen molar-refractivity contribution >= 4 is 28.4 Å². The molecule has 0 radical (unpaired) electrons. The molecule has 4 rings (SSSR count). The van der Waals surface area contributed by atoms with Gasteiger partial charge in [0.25, 0.3) is 11.8 Å². The summed E-state index contributed by atoms with van der Waals surface area (Å²) >= 11 is 0. The minimum Gasteiger partial charge on any atom is -0.372 e. The van der Waals surface area contributed by atoms with Crippen LogP contribution in [0.4, 0.5) is 5.69 Å². The Morgan fingerprint density at radius 2 is 1.61 bits per heavy atom. The van der Waals surface area contributed by atoms with E-state index in [-0.39, 0.29) is 5.91 Å². The molecule has 2 amide bonds. The van der Waals surface area contributed by atoms with Gasteiger partial charge in [0, 0.05) is 47.7 Å². The molecule has 0 unspecified atom stereocenters. The fourth-order valence-electron chi connectivity index (χ4n) is 3.69. The van der Waals surface area contributed by atoms with Gasteiger partial charge in [0.2, 0.25) is 0 Å². The number of fused-ring (bicyclic) bond motifs is 1. The molecule has 2 aromatic heterocycles. The summed E-state index contributed by atoms with van der Waals surface area (Å²) in [6.07, 6.45) is 3.38. The summed E-state index contributed by atoms with van der Waals surface area (Å²) in [5.74, 6) is -0.813. The zero-order chi connectivity index (χ0) is 23.2. The number of rotatable bonds is 6. The van der Waals surface area contributed by atoms with E-state index in [1.807, 2.05) is 48.5 Å². The monoisotopic (exact) mass is 439 g/mol. The third-order valence-electron chi connectivity index (χ3n) is 5.47. The van der Waals surface area contributed by atoms with Gasteiger partial charge in [0.1, 0.15) is 0 Å². The van der Waals surface area contributed by atoms with Crippen LogP contribution in [0.1, 0.15) is 34.6 Å². The SMILES string of the molecule is CCN(CC)c1ccc(C(=O)NNC(=O)c2cc(-c3cccnc3)nc3ccccc23)cc1. The number of benzene rings is 2. The number of nitrogens with zero attached hydrogens (tertiary/aromatic N) is 3. The maximum absolute atomic E-state index is 13.0. The summed E-state index contributed by atoms with van der Waals surface area (Å²) in [4.78, 5) is 36.6. The van der Waals surface area contributed by atoms with Gasteiger partial charge in [-0.25, -0.2) is 4.98 Å². The molecule has 7 nitrogen and oxygen atoms in total. The van der Waals surface area contributed by atoms with Gasteiger partial charge in [0.05, 0.1) is 16.8 Å². The van der Waals surface area contributed by atoms with Gasteiger partial charge in [-0.2, -0.15) is 0 Å². The highest BCUT2D eigenvalue weighted by molar-refractivity contribution is 6.08. The van der Waals surface area contributed by atoms with E-state index in [0.717, 1.165) is 24.3 Å². The molecular weight excluding hydrogens is 414 g/mol. The zero-order valence-corrected chi connectivity index (χ0v) is 18.6. The predicted molar refractivity (Wildman–Crippen MR) is 130 cm³/mol. The molecule has 2 N–H and O–H groups in total. The van der Waals surface area contributed by atoms with Crippen molar-refractivity contribution in [2.45, 2.75) is 13.8 Å². The van der Waals surface area contributed by atoms with E-state index in [0.29, 0.717) is 27.7 Å². The standard InChI is InChI=1S/C26H25N5O2/c1-3-31(4-2)20-13-11-18(12-14-20)25(32)29-30-26(33)22-16-24(19-8-7-15-27-17-19)28-23-10-6-5-9-21(22)23/h5-17H,3-4H2,1-2H3,(H,29,32)(H,30,33). The minimum absolute atomic E-state index is 0.389. The Kier molecular flexibility index (Phi) is 6.59. The van der Waals surface area contributed by atoms with Crippen LogP contribution in [0.15, 0.2) is 79.1 Å². The van der Waals surface area contributed by atoms with Crippen LogP contribution in [0, 0.1) is 0 Å². The fraction of sp³-hybridized carbons (Fsp3) is 0.154. The number of pyridine rings is 2. The van der Waals surface area contributed by atoms with Crippen LogP contribution >= 0.6 is 0 Å². The number of aromatic nitrogens is 2. The summed E-state index contributed by atoms with van der Waals surface area (Å²) in [5, 5.41) is 0.695. The first kappa shape index (κ1) is 22.0. The van der Waals surface area contributed by atoms with Crippen molar-refractivity contribution in [2.24, 2.45) is 0 Å². The number of amides is 2. The Morgan fingerprint density at radius 1 is 0.879 bits per heavy atom. The number of carbonyl (C=O) groups excluding carboxylic acids is 2. The molecule has 33 heavy (non-hydrogen) atoms. The van der Waals surface area contributed by atoms with Crippen LogP contribution in [-0.2, 0) is 0 Å². The topological polar surface area (TPSA) is 87.2 Å². The van der Waals surface area contributed by atoms with Crippen molar-refractivity contribution in [3.8, 4) is 11.3 Å². The van der Waals surface area contributed by atoms with Crippen molar-refractivity contribution < 1.29 is 9.59 Å². The average Bonchev–Trinajstić information content (AvgIpc) is 2.88. The second-order valence-corrected chi connectivity index (χ2v) is 7.44. The van der Waals surface area contributed by atoms with Crippen LogP contribution in [0.25, 0.3) is 22.2 Å². The predicted octanol–water partition coefficient (Wildman–Crippen LogP) is 4.22. The average molecular weight is 440 g/mol.